The van der Waals surface area contributed by atoms with Gasteiger partial charge in [-0.15, -0.1) is 0 Å². The Hall–Kier alpha value is -2.00. The third kappa shape index (κ3) is 4.50. The van der Waals surface area contributed by atoms with Crippen molar-refractivity contribution in [2.24, 2.45) is 0 Å². The third-order valence-corrected chi connectivity index (χ3v) is 3.86. The van der Waals surface area contributed by atoms with Crippen molar-refractivity contribution in [2.75, 3.05) is 5.32 Å². The maximum Gasteiger partial charge on any atom is 0.319 e. The molecule has 0 aliphatic heterocycles. The van der Waals surface area contributed by atoms with Crippen LogP contribution in [0.15, 0.2) is 48.5 Å². The van der Waals surface area contributed by atoms with Crippen LogP contribution in [-0.2, 0) is 6.42 Å². The van der Waals surface area contributed by atoms with E-state index in [0.717, 1.165) is 24.1 Å². The van der Waals surface area contributed by atoms with E-state index in [1.54, 1.807) is 0 Å². The zero-order valence-electron chi connectivity index (χ0n) is 12.9. The van der Waals surface area contributed by atoms with E-state index in [4.69, 9.17) is 11.6 Å². The summed E-state index contributed by atoms with van der Waals surface area (Å²) in [5, 5.41) is 6.54. The van der Waals surface area contributed by atoms with Crippen molar-refractivity contribution >= 4 is 23.3 Å². The Morgan fingerprint density at radius 1 is 1.05 bits per heavy atom. The fraction of sp³-hybridized carbons (Fsp3) is 0.278. The fourth-order valence-electron chi connectivity index (χ4n) is 2.27. The normalized spacial score (nSPS) is 11.8. The highest BCUT2D eigenvalue weighted by molar-refractivity contribution is 6.30. The summed E-state index contributed by atoms with van der Waals surface area (Å²) in [6, 6.07) is 15.2. The molecule has 2 aromatic carbocycles. The zero-order chi connectivity index (χ0) is 15.9. The smallest absolute Gasteiger partial charge is 0.319 e. The van der Waals surface area contributed by atoms with Gasteiger partial charge in [0.1, 0.15) is 0 Å². The first-order chi connectivity index (χ1) is 10.6. The van der Waals surface area contributed by atoms with Crippen LogP contribution in [0.2, 0.25) is 5.02 Å². The van der Waals surface area contributed by atoms with Gasteiger partial charge in [0, 0.05) is 10.7 Å². The molecular formula is C18H21ClN2O. The molecule has 0 bridgehead atoms. The number of nitrogens with one attached hydrogen (secondary N) is 2. The minimum atomic E-state index is -0.203. The van der Waals surface area contributed by atoms with Crippen LogP contribution in [0.4, 0.5) is 10.5 Å². The molecule has 0 fully saturated rings. The van der Waals surface area contributed by atoms with Crippen LogP contribution in [0.1, 0.15) is 37.4 Å². The third-order valence-electron chi connectivity index (χ3n) is 3.61. The molecule has 0 spiro atoms. The van der Waals surface area contributed by atoms with Gasteiger partial charge in [-0.1, -0.05) is 49.7 Å². The standard InChI is InChI=1S/C18H21ClN2O/c1-3-13-5-11-16(12-6-13)20-18(22)21-17(4-2)14-7-9-15(19)10-8-14/h5-12,17H,3-4H2,1-2H3,(H2,20,21,22). The molecule has 0 radical (unpaired) electrons. The van der Waals surface area contributed by atoms with E-state index in [1.807, 2.05) is 55.5 Å². The van der Waals surface area contributed by atoms with E-state index in [0.29, 0.717) is 5.02 Å². The second kappa shape index (κ2) is 7.85. The van der Waals surface area contributed by atoms with Crippen molar-refractivity contribution in [3.8, 4) is 0 Å². The van der Waals surface area contributed by atoms with Crippen LogP contribution >= 0.6 is 11.6 Å². The number of hydrogen-bond donors (Lipinski definition) is 2. The highest BCUT2D eigenvalue weighted by Gasteiger charge is 2.12. The van der Waals surface area contributed by atoms with Crippen LogP contribution in [0.3, 0.4) is 0 Å². The van der Waals surface area contributed by atoms with Crippen LogP contribution in [0.25, 0.3) is 0 Å². The number of hydrogen-bond acceptors (Lipinski definition) is 1. The molecule has 0 heterocycles. The lowest BCUT2D eigenvalue weighted by Crippen LogP contribution is -2.32. The molecule has 1 unspecified atom stereocenters. The number of aryl methyl sites for hydroxylation is 1. The molecule has 2 rings (SSSR count). The molecule has 0 aliphatic rings. The van der Waals surface area contributed by atoms with Crippen LogP contribution < -0.4 is 10.6 Å². The molecule has 0 saturated heterocycles. The number of carbonyl (C=O) groups is 1. The number of anilines is 1. The maximum absolute atomic E-state index is 12.1. The summed E-state index contributed by atoms with van der Waals surface area (Å²) in [5.74, 6) is 0. The Balaban J connectivity index is 1.98. The maximum atomic E-state index is 12.1. The lowest BCUT2D eigenvalue weighted by molar-refractivity contribution is 0.248. The van der Waals surface area contributed by atoms with E-state index >= 15 is 0 Å². The van der Waals surface area contributed by atoms with Gasteiger partial charge in [-0.2, -0.15) is 0 Å². The minimum absolute atomic E-state index is 0.0350. The Labute approximate surface area is 136 Å². The average Bonchev–Trinajstić information content (AvgIpc) is 2.54. The van der Waals surface area contributed by atoms with Gasteiger partial charge < -0.3 is 10.6 Å². The predicted octanol–water partition coefficient (Wildman–Crippen LogP) is 5.18. The van der Waals surface area contributed by atoms with Gasteiger partial charge in [-0.05, 0) is 48.2 Å². The summed E-state index contributed by atoms with van der Waals surface area (Å²) >= 11 is 5.90. The van der Waals surface area contributed by atoms with Crippen LogP contribution in [0, 0.1) is 0 Å². The molecule has 0 saturated carbocycles. The van der Waals surface area contributed by atoms with Gasteiger partial charge in [-0.3, -0.25) is 0 Å². The summed E-state index contributed by atoms with van der Waals surface area (Å²) in [4.78, 5) is 12.1. The van der Waals surface area contributed by atoms with Crippen molar-refractivity contribution in [3.63, 3.8) is 0 Å². The van der Waals surface area contributed by atoms with Gasteiger partial charge in [0.2, 0.25) is 0 Å². The molecule has 2 N–H and O–H groups in total. The molecule has 1 atom stereocenters. The fourth-order valence-corrected chi connectivity index (χ4v) is 2.39. The van der Waals surface area contributed by atoms with E-state index < -0.39 is 0 Å². The summed E-state index contributed by atoms with van der Waals surface area (Å²) in [6.07, 6.45) is 1.80. The van der Waals surface area contributed by atoms with Gasteiger partial charge >= 0.3 is 6.03 Å². The SMILES string of the molecule is CCc1ccc(NC(=O)NC(CC)c2ccc(Cl)cc2)cc1. The van der Waals surface area contributed by atoms with Crippen molar-refractivity contribution in [2.45, 2.75) is 32.7 Å². The molecule has 116 valence electrons. The molecule has 3 nitrogen and oxygen atoms in total. The van der Waals surface area contributed by atoms with Crippen molar-refractivity contribution in [3.05, 3.63) is 64.7 Å². The zero-order valence-corrected chi connectivity index (χ0v) is 13.7. The topological polar surface area (TPSA) is 41.1 Å². The highest BCUT2D eigenvalue weighted by atomic mass is 35.5. The molecule has 0 aliphatic carbocycles. The largest absolute Gasteiger partial charge is 0.331 e. The number of benzene rings is 2. The van der Waals surface area contributed by atoms with Crippen LogP contribution in [0.5, 0.6) is 0 Å². The van der Waals surface area contributed by atoms with E-state index in [1.165, 1.54) is 5.56 Å². The first-order valence-corrected chi connectivity index (χ1v) is 7.92. The predicted molar refractivity (Wildman–Crippen MR) is 92.5 cm³/mol. The van der Waals surface area contributed by atoms with Crippen molar-refractivity contribution in [1.82, 2.24) is 5.32 Å². The first-order valence-electron chi connectivity index (χ1n) is 7.54. The van der Waals surface area contributed by atoms with E-state index in [9.17, 15) is 4.79 Å². The monoisotopic (exact) mass is 316 g/mol. The van der Waals surface area contributed by atoms with E-state index in [2.05, 4.69) is 17.6 Å². The molecular weight excluding hydrogens is 296 g/mol. The van der Waals surface area contributed by atoms with Gasteiger partial charge in [0.15, 0.2) is 0 Å². The first kappa shape index (κ1) is 16.4. The summed E-state index contributed by atoms with van der Waals surface area (Å²) in [6.45, 7) is 4.14. The van der Waals surface area contributed by atoms with Gasteiger partial charge in [0.05, 0.1) is 6.04 Å². The number of amides is 2. The van der Waals surface area contributed by atoms with Crippen molar-refractivity contribution in [1.29, 1.82) is 0 Å². The molecule has 0 aromatic heterocycles. The molecule has 22 heavy (non-hydrogen) atoms. The number of urea groups is 1. The Bertz CT molecular complexity index is 608. The lowest BCUT2D eigenvalue weighted by Gasteiger charge is -2.18. The molecule has 2 aromatic rings. The number of halogens is 1. The number of carbonyl (C=O) groups excluding carboxylic acids is 1. The second-order valence-corrected chi connectivity index (χ2v) is 5.60. The molecule has 4 heteroatoms. The Morgan fingerprint density at radius 3 is 2.23 bits per heavy atom. The van der Waals surface area contributed by atoms with E-state index in [-0.39, 0.29) is 12.1 Å². The van der Waals surface area contributed by atoms with Gasteiger partial charge in [-0.25, -0.2) is 4.79 Å². The number of rotatable bonds is 5. The molecule has 2 amide bonds. The summed E-state index contributed by atoms with van der Waals surface area (Å²) in [5.41, 5.74) is 3.09. The highest BCUT2D eigenvalue weighted by Crippen LogP contribution is 2.19. The van der Waals surface area contributed by atoms with Crippen molar-refractivity contribution < 1.29 is 4.79 Å². The lowest BCUT2D eigenvalue weighted by atomic mass is 10.1. The Kier molecular flexibility index (Phi) is 5.84. The Morgan fingerprint density at radius 2 is 1.68 bits per heavy atom. The summed E-state index contributed by atoms with van der Waals surface area (Å²) < 4.78 is 0. The second-order valence-electron chi connectivity index (χ2n) is 5.16. The quantitative estimate of drug-likeness (QED) is 0.784. The van der Waals surface area contributed by atoms with Gasteiger partial charge in [0.25, 0.3) is 0 Å². The van der Waals surface area contributed by atoms with Crippen LogP contribution in [-0.4, -0.2) is 6.03 Å². The summed E-state index contributed by atoms with van der Waals surface area (Å²) in [7, 11) is 0. The average molecular weight is 317 g/mol. The minimum Gasteiger partial charge on any atom is -0.331 e.